The van der Waals surface area contributed by atoms with E-state index in [1.165, 1.54) is 16.7 Å². The van der Waals surface area contributed by atoms with Crippen molar-refractivity contribution in [2.24, 2.45) is 0 Å². The summed E-state index contributed by atoms with van der Waals surface area (Å²) in [5, 5.41) is 3.14. The predicted octanol–water partition coefficient (Wildman–Crippen LogP) is 3.71. The summed E-state index contributed by atoms with van der Waals surface area (Å²) in [5.41, 5.74) is 3.64. The lowest BCUT2D eigenvalue weighted by molar-refractivity contribution is 0.303. The fraction of sp³-hybridized carbons (Fsp3) is 0.222. The van der Waals surface area contributed by atoms with E-state index >= 15 is 0 Å². The van der Waals surface area contributed by atoms with Crippen LogP contribution in [-0.4, -0.2) is 7.05 Å². The largest absolute Gasteiger partial charge is 0.489 e. The molecule has 2 aromatic carbocycles. The number of hydrogen-bond donors (Lipinski definition) is 1. The molecule has 0 atom stereocenters. The van der Waals surface area contributed by atoms with Crippen LogP contribution < -0.4 is 10.1 Å². The van der Waals surface area contributed by atoms with Crippen LogP contribution in [0.15, 0.2) is 61.2 Å². The minimum atomic E-state index is 0.591. The summed E-state index contributed by atoms with van der Waals surface area (Å²) in [4.78, 5) is 0. The van der Waals surface area contributed by atoms with Crippen LogP contribution in [0.25, 0.3) is 0 Å². The maximum absolute atomic E-state index is 5.91. The molecule has 0 radical (unpaired) electrons. The van der Waals surface area contributed by atoms with Gasteiger partial charge in [-0.05, 0) is 36.2 Å². The molecule has 0 fully saturated rings. The lowest BCUT2D eigenvalue weighted by atomic mass is 10.1. The summed E-state index contributed by atoms with van der Waals surface area (Å²) in [6.45, 7) is 5.26. The maximum atomic E-state index is 5.91. The van der Waals surface area contributed by atoms with Crippen molar-refractivity contribution in [3.05, 3.63) is 77.9 Å². The number of allylic oxidation sites excluding steroid dienone is 1. The van der Waals surface area contributed by atoms with Crippen molar-refractivity contribution in [3.8, 4) is 5.75 Å². The molecule has 0 heterocycles. The zero-order valence-corrected chi connectivity index (χ0v) is 11.9. The highest BCUT2D eigenvalue weighted by Gasteiger charge is 2.02. The predicted molar refractivity (Wildman–Crippen MR) is 83.9 cm³/mol. The van der Waals surface area contributed by atoms with Gasteiger partial charge in [0.05, 0.1) is 0 Å². The second kappa shape index (κ2) is 7.51. The van der Waals surface area contributed by atoms with E-state index in [2.05, 4.69) is 42.2 Å². The first-order valence-electron chi connectivity index (χ1n) is 6.87. The van der Waals surface area contributed by atoms with Gasteiger partial charge in [0, 0.05) is 6.54 Å². The standard InChI is InChI=1S/C18H21NO/c1-3-6-17-7-4-5-8-18(17)20-14-16-11-9-15(10-12-16)13-19-2/h3-5,7-12,19H,1,6,13-14H2,2H3. The third-order valence-electron chi connectivity index (χ3n) is 3.14. The first kappa shape index (κ1) is 14.4. The lowest BCUT2D eigenvalue weighted by Crippen LogP contribution is -2.05. The molecule has 0 amide bonds. The molecule has 0 aromatic heterocycles. The van der Waals surface area contributed by atoms with Gasteiger partial charge in [0.1, 0.15) is 12.4 Å². The average molecular weight is 267 g/mol. The van der Waals surface area contributed by atoms with E-state index in [1.54, 1.807) is 0 Å². The Hall–Kier alpha value is -2.06. The highest BCUT2D eigenvalue weighted by atomic mass is 16.5. The molecule has 104 valence electrons. The summed E-state index contributed by atoms with van der Waals surface area (Å²) in [5.74, 6) is 0.937. The van der Waals surface area contributed by atoms with E-state index in [4.69, 9.17) is 4.74 Å². The van der Waals surface area contributed by atoms with Gasteiger partial charge in [-0.1, -0.05) is 48.5 Å². The SMILES string of the molecule is C=CCc1ccccc1OCc1ccc(CNC)cc1. The molecule has 0 aliphatic heterocycles. The third kappa shape index (κ3) is 3.97. The number of hydrogen-bond acceptors (Lipinski definition) is 2. The Balaban J connectivity index is 1.99. The molecule has 0 saturated heterocycles. The maximum Gasteiger partial charge on any atom is 0.123 e. The van der Waals surface area contributed by atoms with Crippen LogP contribution in [0.1, 0.15) is 16.7 Å². The summed E-state index contributed by atoms with van der Waals surface area (Å²) in [6, 6.07) is 16.6. The third-order valence-corrected chi connectivity index (χ3v) is 3.14. The number of nitrogens with one attached hydrogen (secondary N) is 1. The number of rotatable bonds is 7. The molecule has 2 rings (SSSR count). The van der Waals surface area contributed by atoms with E-state index in [9.17, 15) is 0 Å². The number of ether oxygens (including phenoxy) is 1. The Bertz CT molecular complexity index is 546. The van der Waals surface area contributed by atoms with Crippen LogP contribution in [0.3, 0.4) is 0 Å². The molecule has 0 saturated carbocycles. The molecule has 2 heteroatoms. The van der Waals surface area contributed by atoms with E-state index in [-0.39, 0.29) is 0 Å². The minimum Gasteiger partial charge on any atom is -0.489 e. The molecular weight excluding hydrogens is 246 g/mol. The molecular formula is C18H21NO. The van der Waals surface area contributed by atoms with Crippen molar-refractivity contribution in [2.75, 3.05) is 7.05 Å². The van der Waals surface area contributed by atoms with Gasteiger partial charge < -0.3 is 10.1 Å². The van der Waals surface area contributed by atoms with Crippen LogP contribution in [0.5, 0.6) is 5.75 Å². The minimum absolute atomic E-state index is 0.591. The van der Waals surface area contributed by atoms with Gasteiger partial charge in [-0.15, -0.1) is 6.58 Å². The average Bonchev–Trinajstić information content (AvgIpc) is 2.48. The smallest absolute Gasteiger partial charge is 0.123 e. The Morgan fingerprint density at radius 2 is 1.75 bits per heavy atom. The Morgan fingerprint density at radius 3 is 2.45 bits per heavy atom. The first-order chi connectivity index (χ1) is 9.83. The zero-order valence-electron chi connectivity index (χ0n) is 11.9. The van der Waals surface area contributed by atoms with Crippen LogP contribution >= 0.6 is 0 Å². The molecule has 20 heavy (non-hydrogen) atoms. The van der Waals surface area contributed by atoms with Gasteiger partial charge in [-0.2, -0.15) is 0 Å². The Morgan fingerprint density at radius 1 is 1.05 bits per heavy atom. The summed E-state index contributed by atoms with van der Waals surface area (Å²) < 4.78 is 5.91. The van der Waals surface area contributed by atoms with Crippen LogP contribution in [0, 0.1) is 0 Å². The molecule has 0 aliphatic carbocycles. The Kier molecular flexibility index (Phi) is 5.39. The van der Waals surface area contributed by atoms with E-state index < -0.39 is 0 Å². The summed E-state index contributed by atoms with van der Waals surface area (Å²) in [6.07, 6.45) is 2.73. The van der Waals surface area contributed by atoms with E-state index in [0.29, 0.717) is 6.61 Å². The molecule has 0 spiro atoms. The van der Waals surface area contributed by atoms with Crippen molar-refractivity contribution < 1.29 is 4.74 Å². The summed E-state index contributed by atoms with van der Waals surface area (Å²) >= 11 is 0. The fourth-order valence-corrected chi connectivity index (χ4v) is 2.09. The van der Waals surface area contributed by atoms with Crippen molar-refractivity contribution in [2.45, 2.75) is 19.6 Å². The van der Waals surface area contributed by atoms with Gasteiger partial charge >= 0.3 is 0 Å². The van der Waals surface area contributed by atoms with Crippen molar-refractivity contribution >= 4 is 0 Å². The number of benzene rings is 2. The number of para-hydroxylation sites is 1. The van der Waals surface area contributed by atoms with Crippen LogP contribution in [-0.2, 0) is 19.6 Å². The first-order valence-corrected chi connectivity index (χ1v) is 6.87. The molecule has 0 unspecified atom stereocenters. The van der Waals surface area contributed by atoms with Crippen molar-refractivity contribution in [3.63, 3.8) is 0 Å². The Labute approximate surface area is 121 Å². The van der Waals surface area contributed by atoms with E-state index in [0.717, 1.165) is 18.7 Å². The molecule has 2 aromatic rings. The highest BCUT2D eigenvalue weighted by molar-refractivity contribution is 5.35. The molecule has 0 bridgehead atoms. The van der Waals surface area contributed by atoms with Gasteiger partial charge in [-0.25, -0.2) is 0 Å². The van der Waals surface area contributed by atoms with Crippen molar-refractivity contribution in [1.82, 2.24) is 5.32 Å². The normalized spacial score (nSPS) is 10.2. The monoisotopic (exact) mass is 267 g/mol. The van der Waals surface area contributed by atoms with Gasteiger partial charge in [0.15, 0.2) is 0 Å². The fourth-order valence-electron chi connectivity index (χ4n) is 2.09. The molecule has 2 nitrogen and oxygen atoms in total. The van der Waals surface area contributed by atoms with Gasteiger partial charge in [0.25, 0.3) is 0 Å². The second-order valence-corrected chi connectivity index (χ2v) is 4.74. The lowest BCUT2D eigenvalue weighted by Gasteiger charge is -2.10. The quantitative estimate of drug-likeness (QED) is 0.772. The second-order valence-electron chi connectivity index (χ2n) is 4.74. The topological polar surface area (TPSA) is 21.3 Å². The van der Waals surface area contributed by atoms with E-state index in [1.807, 2.05) is 31.3 Å². The molecule has 0 aliphatic rings. The zero-order chi connectivity index (χ0) is 14.2. The van der Waals surface area contributed by atoms with Crippen LogP contribution in [0.2, 0.25) is 0 Å². The summed E-state index contributed by atoms with van der Waals surface area (Å²) in [7, 11) is 1.95. The van der Waals surface area contributed by atoms with Gasteiger partial charge in [0.2, 0.25) is 0 Å². The van der Waals surface area contributed by atoms with Crippen LogP contribution in [0.4, 0.5) is 0 Å². The highest BCUT2D eigenvalue weighted by Crippen LogP contribution is 2.20. The van der Waals surface area contributed by atoms with Gasteiger partial charge in [-0.3, -0.25) is 0 Å². The molecule has 1 N–H and O–H groups in total. The van der Waals surface area contributed by atoms with Crippen molar-refractivity contribution in [1.29, 1.82) is 0 Å².